The second-order valence-electron chi connectivity index (χ2n) is 12.2. The van der Waals surface area contributed by atoms with Crippen LogP contribution >= 0.6 is 11.6 Å². The molecule has 232 valence electrons. The number of hydrogen-bond donors (Lipinski definition) is 1. The highest BCUT2D eigenvalue weighted by molar-refractivity contribution is 6.30. The van der Waals surface area contributed by atoms with E-state index in [4.69, 9.17) is 25.8 Å². The van der Waals surface area contributed by atoms with Crippen molar-refractivity contribution in [1.82, 2.24) is 14.7 Å². The minimum atomic E-state index is -3.10. The molecule has 0 saturated carbocycles. The lowest BCUT2D eigenvalue weighted by Gasteiger charge is -2.43. The van der Waals surface area contributed by atoms with Crippen molar-refractivity contribution in [3.63, 3.8) is 0 Å². The molecule has 1 aromatic carbocycles. The fourth-order valence-electron chi connectivity index (χ4n) is 5.55. The van der Waals surface area contributed by atoms with E-state index < -0.39 is 35.2 Å². The Morgan fingerprint density at radius 3 is 2.52 bits per heavy atom. The van der Waals surface area contributed by atoms with E-state index in [2.05, 4.69) is 20.1 Å². The number of alkyl halides is 2. The Hall–Kier alpha value is -2.80. The monoisotopic (exact) mass is 612 g/mol. The van der Waals surface area contributed by atoms with Gasteiger partial charge in [0, 0.05) is 43.4 Å². The Bertz CT molecular complexity index is 1290. The standard InChI is InChI=1S/C29H39ClF2N4O6/c1-27(2,3)42-24(37)19(16-39-6)15-35-11-9-29(10-12-35,36-23-18(14-33-36)17-40-28(23,4)5)25(38)34-21-8-7-20(30)13-22(21)41-26(31)32/h7-8,13-14,19,26H,9-12,15-17H2,1-6H3,(H,34,38). The zero-order chi connectivity index (χ0) is 30.9. The molecule has 4 rings (SSSR count). The lowest BCUT2D eigenvalue weighted by molar-refractivity contribution is -0.163. The quantitative estimate of drug-likeness (QED) is 0.377. The number of esters is 1. The number of fused-ring (bicyclic) bond motifs is 1. The molecule has 1 aromatic heterocycles. The first-order chi connectivity index (χ1) is 19.6. The summed E-state index contributed by atoms with van der Waals surface area (Å²) in [6.45, 7) is 8.02. The number of piperidine rings is 1. The van der Waals surface area contributed by atoms with E-state index in [0.717, 1.165) is 11.3 Å². The zero-order valence-electron chi connectivity index (χ0n) is 24.8. The summed E-state index contributed by atoms with van der Waals surface area (Å²) in [4.78, 5) is 29.2. The number of carbonyl (C=O) groups is 2. The van der Waals surface area contributed by atoms with E-state index in [1.165, 1.54) is 25.3 Å². The minimum absolute atomic E-state index is 0.0656. The molecule has 1 N–H and O–H groups in total. The predicted molar refractivity (Wildman–Crippen MR) is 152 cm³/mol. The van der Waals surface area contributed by atoms with Crippen LogP contribution in [0.15, 0.2) is 24.4 Å². The summed E-state index contributed by atoms with van der Waals surface area (Å²) in [6.07, 6.45) is 2.36. The van der Waals surface area contributed by atoms with Crippen LogP contribution in [0.25, 0.3) is 0 Å². The Morgan fingerprint density at radius 2 is 1.90 bits per heavy atom. The summed E-state index contributed by atoms with van der Waals surface area (Å²) in [5, 5.41) is 7.65. The number of nitrogens with one attached hydrogen (secondary N) is 1. The first-order valence-electron chi connectivity index (χ1n) is 13.9. The number of likely N-dealkylation sites (tertiary alicyclic amines) is 1. The first-order valence-corrected chi connectivity index (χ1v) is 14.2. The zero-order valence-corrected chi connectivity index (χ0v) is 25.6. The van der Waals surface area contributed by atoms with E-state index in [1.54, 1.807) is 10.9 Å². The van der Waals surface area contributed by atoms with Gasteiger partial charge in [0.15, 0.2) is 5.75 Å². The third-order valence-electron chi connectivity index (χ3n) is 7.51. The van der Waals surface area contributed by atoms with Gasteiger partial charge in [-0.2, -0.15) is 13.9 Å². The number of methoxy groups -OCH3 is 1. The molecule has 2 aliphatic rings. The van der Waals surface area contributed by atoms with Crippen molar-refractivity contribution in [1.29, 1.82) is 0 Å². The maximum absolute atomic E-state index is 14.2. The van der Waals surface area contributed by atoms with Gasteiger partial charge in [0.2, 0.25) is 0 Å². The number of halogens is 3. The summed E-state index contributed by atoms with van der Waals surface area (Å²) < 4.78 is 49.6. The number of rotatable bonds is 10. The summed E-state index contributed by atoms with van der Waals surface area (Å²) >= 11 is 6.01. The number of ether oxygens (including phenoxy) is 4. The van der Waals surface area contributed by atoms with E-state index in [-0.39, 0.29) is 29.0 Å². The molecule has 13 heteroatoms. The van der Waals surface area contributed by atoms with Crippen LogP contribution in [0.2, 0.25) is 5.02 Å². The average molecular weight is 613 g/mol. The van der Waals surface area contributed by atoms with Crippen molar-refractivity contribution in [2.45, 2.75) is 77.4 Å². The van der Waals surface area contributed by atoms with Gasteiger partial charge in [-0.3, -0.25) is 14.3 Å². The molecular weight excluding hydrogens is 574 g/mol. The lowest BCUT2D eigenvalue weighted by atomic mass is 9.84. The van der Waals surface area contributed by atoms with Crippen molar-refractivity contribution in [3.8, 4) is 5.75 Å². The maximum Gasteiger partial charge on any atom is 0.387 e. The van der Waals surface area contributed by atoms with Gasteiger partial charge in [0.25, 0.3) is 5.91 Å². The summed E-state index contributed by atoms with van der Waals surface area (Å²) in [5.41, 5.74) is -0.774. The molecule has 0 spiro atoms. The Balaban J connectivity index is 1.63. The van der Waals surface area contributed by atoms with E-state index in [1.807, 2.05) is 34.6 Å². The van der Waals surface area contributed by atoms with Crippen molar-refractivity contribution in [2.75, 3.05) is 38.7 Å². The number of amides is 1. The van der Waals surface area contributed by atoms with Crippen LogP contribution in [-0.4, -0.2) is 72.1 Å². The fourth-order valence-corrected chi connectivity index (χ4v) is 5.71. The number of aromatic nitrogens is 2. The molecule has 1 atom stereocenters. The largest absolute Gasteiger partial charge is 0.460 e. The molecule has 0 bridgehead atoms. The van der Waals surface area contributed by atoms with Crippen LogP contribution < -0.4 is 10.1 Å². The molecule has 10 nitrogen and oxygen atoms in total. The summed E-state index contributed by atoms with van der Waals surface area (Å²) in [6, 6.07) is 4.14. The molecule has 1 amide bonds. The highest BCUT2D eigenvalue weighted by Crippen LogP contribution is 2.42. The highest BCUT2D eigenvalue weighted by Gasteiger charge is 2.49. The Morgan fingerprint density at radius 1 is 1.21 bits per heavy atom. The van der Waals surface area contributed by atoms with Crippen LogP contribution in [0.1, 0.15) is 58.7 Å². The summed E-state index contributed by atoms with van der Waals surface area (Å²) in [5.74, 6) is -1.54. The van der Waals surface area contributed by atoms with Crippen LogP contribution in [0.4, 0.5) is 14.5 Å². The average Bonchev–Trinajstić information content (AvgIpc) is 3.46. The summed E-state index contributed by atoms with van der Waals surface area (Å²) in [7, 11) is 1.54. The lowest BCUT2D eigenvalue weighted by Crippen LogP contribution is -2.55. The van der Waals surface area contributed by atoms with Gasteiger partial charge in [0.05, 0.1) is 36.7 Å². The molecule has 1 fully saturated rings. The molecule has 2 aromatic rings. The van der Waals surface area contributed by atoms with Crippen molar-refractivity contribution in [3.05, 3.63) is 40.7 Å². The van der Waals surface area contributed by atoms with Gasteiger partial charge >= 0.3 is 12.6 Å². The van der Waals surface area contributed by atoms with Crippen LogP contribution in [0.5, 0.6) is 5.75 Å². The van der Waals surface area contributed by atoms with E-state index in [0.29, 0.717) is 39.1 Å². The number of benzene rings is 1. The highest BCUT2D eigenvalue weighted by atomic mass is 35.5. The molecule has 0 aliphatic carbocycles. The molecule has 1 unspecified atom stereocenters. The van der Waals surface area contributed by atoms with Crippen molar-refractivity contribution < 1.29 is 37.3 Å². The normalized spacial score (nSPS) is 18.9. The maximum atomic E-state index is 14.2. The molecular formula is C29H39ClF2N4O6. The smallest absolute Gasteiger partial charge is 0.387 e. The number of nitrogens with zero attached hydrogens (tertiary/aromatic N) is 3. The van der Waals surface area contributed by atoms with Gasteiger partial charge in [-0.1, -0.05) is 11.6 Å². The van der Waals surface area contributed by atoms with Crippen molar-refractivity contribution >= 4 is 29.2 Å². The number of carbonyl (C=O) groups excluding carboxylic acids is 2. The van der Waals surface area contributed by atoms with Crippen LogP contribution in [0, 0.1) is 5.92 Å². The Kier molecular flexibility index (Phi) is 9.51. The second-order valence-corrected chi connectivity index (χ2v) is 12.7. The molecule has 3 heterocycles. The third kappa shape index (κ3) is 7.04. The molecule has 1 saturated heterocycles. The molecule has 42 heavy (non-hydrogen) atoms. The molecule has 0 radical (unpaired) electrons. The van der Waals surface area contributed by atoms with E-state index >= 15 is 0 Å². The number of hydrogen-bond acceptors (Lipinski definition) is 8. The second kappa shape index (κ2) is 12.4. The SMILES string of the molecule is COCC(CN1CCC(C(=O)Nc2ccc(Cl)cc2OC(F)F)(n2ncc3c2C(C)(C)OC3)CC1)C(=O)OC(C)(C)C. The first kappa shape index (κ1) is 32.1. The fraction of sp³-hybridized carbons (Fsp3) is 0.621. The van der Waals surface area contributed by atoms with Crippen LogP contribution in [-0.2, 0) is 41.5 Å². The third-order valence-corrected chi connectivity index (χ3v) is 7.74. The molecule has 2 aliphatic heterocycles. The van der Waals surface area contributed by atoms with Gasteiger partial charge < -0.3 is 29.2 Å². The van der Waals surface area contributed by atoms with Gasteiger partial charge in [-0.25, -0.2) is 0 Å². The predicted octanol–water partition coefficient (Wildman–Crippen LogP) is 4.94. The van der Waals surface area contributed by atoms with E-state index in [9.17, 15) is 18.4 Å². The number of anilines is 1. The van der Waals surface area contributed by atoms with Crippen LogP contribution in [0.3, 0.4) is 0 Å². The minimum Gasteiger partial charge on any atom is -0.460 e. The van der Waals surface area contributed by atoms with Gasteiger partial charge in [-0.05, 0) is 59.6 Å². The van der Waals surface area contributed by atoms with Gasteiger partial charge in [0.1, 0.15) is 16.7 Å². The van der Waals surface area contributed by atoms with Gasteiger partial charge in [-0.15, -0.1) is 0 Å². The topological polar surface area (TPSA) is 104 Å². The van der Waals surface area contributed by atoms with Crippen molar-refractivity contribution in [2.24, 2.45) is 5.92 Å². The Labute approximate surface area is 249 Å².